The summed E-state index contributed by atoms with van der Waals surface area (Å²) >= 11 is 1.43. The fraction of sp³-hybridized carbons (Fsp3) is 0.312. The molecule has 1 amide bonds. The average molecular weight is 410 g/mol. The van der Waals surface area contributed by atoms with Gasteiger partial charge in [-0.05, 0) is 31.2 Å². The number of nitrogens with two attached hydrogens (primary N) is 1. The number of anilines is 1. The molecule has 0 bridgehead atoms. The number of rotatable bonds is 4. The zero-order valence-corrected chi connectivity index (χ0v) is 16.1. The quantitative estimate of drug-likeness (QED) is 0.602. The van der Waals surface area contributed by atoms with Crippen molar-refractivity contribution in [3.05, 3.63) is 50.2 Å². The Bertz CT molecular complexity index is 994. The fourth-order valence-electron chi connectivity index (χ4n) is 2.95. The van der Waals surface area contributed by atoms with Crippen molar-refractivity contribution in [3.8, 4) is 0 Å². The first kappa shape index (κ1) is 19.3. The topological polar surface area (TPSA) is 127 Å². The second-order valence-electron chi connectivity index (χ2n) is 6.14. The third kappa shape index (κ3) is 4.10. The number of aryl methyl sites for hydroxylation is 1. The molecule has 0 radical (unpaired) electrons. The fourth-order valence-corrected chi connectivity index (χ4v) is 4.32. The highest BCUT2D eigenvalue weighted by molar-refractivity contribution is 7.89. The highest BCUT2D eigenvalue weighted by Crippen LogP contribution is 2.31. The molecule has 0 aliphatic carbocycles. The van der Waals surface area contributed by atoms with Gasteiger partial charge in [0.15, 0.2) is 0 Å². The van der Waals surface area contributed by atoms with E-state index in [-0.39, 0.29) is 16.5 Å². The zero-order chi connectivity index (χ0) is 19.8. The zero-order valence-electron chi connectivity index (χ0n) is 14.5. The predicted octanol–water partition coefficient (Wildman–Crippen LogP) is 1.57. The van der Waals surface area contributed by atoms with Gasteiger partial charge in [-0.1, -0.05) is 0 Å². The summed E-state index contributed by atoms with van der Waals surface area (Å²) in [4.78, 5) is 28.2. The monoisotopic (exact) mass is 410 g/mol. The summed E-state index contributed by atoms with van der Waals surface area (Å²) < 4.78 is 22.9. The summed E-state index contributed by atoms with van der Waals surface area (Å²) in [6.07, 6.45) is 0. The lowest BCUT2D eigenvalue weighted by atomic mass is 10.2. The molecular weight excluding hydrogens is 392 g/mol. The number of thiophene rings is 1. The van der Waals surface area contributed by atoms with Gasteiger partial charge in [-0.25, -0.2) is 13.6 Å². The van der Waals surface area contributed by atoms with Crippen LogP contribution in [0.25, 0.3) is 0 Å². The van der Waals surface area contributed by atoms with Crippen molar-refractivity contribution in [2.45, 2.75) is 11.8 Å². The van der Waals surface area contributed by atoms with Crippen LogP contribution in [0, 0.1) is 17.0 Å². The minimum Gasteiger partial charge on any atom is -0.362 e. The number of hydrogen-bond donors (Lipinski definition) is 1. The van der Waals surface area contributed by atoms with Gasteiger partial charge in [0.1, 0.15) is 5.69 Å². The molecule has 1 saturated heterocycles. The largest absolute Gasteiger partial charge is 0.362 e. The average Bonchev–Trinajstić information content (AvgIpc) is 3.06. The molecule has 0 unspecified atom stereocenters. The first-order valence-corrected chi connectivity index (χ1v) is 10.4. The molecule has 1 aromatic carbocycles. The van der Waals surface area contributed by atoms with E-state index < -0.39 is 14.9 Å². The molecule has 3 rings (SSSR count). The molecule has 27 heavy (non-hydrogen) atoms. The standard InChI is InChI=1S/C16H18N4O5S2/c1-11-2-5-15(26-11)16(21)19-8-6-18(7-9-19)13-4-3-12(27(17,24)25)10-14(13)20(22)23/h2-5,10H,6-9H2,1H3,(H2,17,24,25). The summed E-state index contributed by atoms with van der Waals surface area (Å²) in [7, 11) is -4.03. The summed E-state index contributed by atoms with van der Waals surface area (Å²) in [5.74, 6) is -0.0492. The molecule has 11 heteroatoms. The maximum Gasteiger partial charge on any atom is 0.293 e. The van der Waals surface area contributed by atoms with E-state index in [4.69, 9.17) is 5.14 Å². The van der Waals surface area contributed by atoms with E-state index in [2.05, 4.69) is 0 Å². The van der Waals surface area contributed by atoms with Gasteiger partial charge in [0, 0.05) is 37.1 Å². The summed E-state index contributed by atoms with van der Waals surface area (Å²) in [5.41, 5.74) is -0.0124. The number of sulfonamides is 1. The number of piperazine rings is 1. The summed E-state index contributed by atoms with van der Waals surface area (Å²) in [6, 6.07) is 7.30. The first-order chi connectivity index (χ1) is 12.7. The Morgan fingerprint density at radius 2 is 1.85 bits per heavy atom. The van der Waals surface area contributed by atoms with Crippen LogP contribution in [-0.4, -0.2) is 50.3 Å². The molecule has 1 aliphatic rings. The van der Waals surface area contributed by atoms with Gasteiger partial charge in [-0.15, -0.1) is 11.3 Å². The van der Waals surface area contributed by atoms with E-state index in [1.165, 1.54) is 23.5 Å². The van der Waals surface area contributed by atoms with Crippen LogP contribution in [-0.2, 0) is 10.0 Å². The van der Waals surface area contributed by atoms with Crippen molar-refractivity contribution in [2.24, 2.45) is 5.14 Å². The van der Waals surface area contributed by atoms with Crippen molar-refractivity contribution in [1.29, 1.82) is 0 Å². The van der Waals surface area contributed by atoms with Crippen LogP contribution in [0.1, 0.15) is 14.5 Å². The van der Waals surface area contributed by atoms with E-state index in [0.717, 1.165) is 10.9 Å². The van der Waals surface area contributed by atoms with E-state index in [0.29, 0.717) is 36.7 Å². The SMILES string of the molecule is Cc1ccc(C(=O)N2CCN(c3ccc(S(N)(=O)=O)cc3[N+](=O)[O-])CC2)s1. The van der Waals surface area contributed by atoms with Crippen molar-refractivity contribution in [3.63, 3.8) is 0 Å². The molecule has 0 spiro atoms. The smallest absolute Gasteiger partial charge is 0.293 e. The predicted molar refractivity (Wildman–Crippen MR) is 102 cm³/mol. The van der Waals surface area contributed by atoms with Crippen LogP contribution in [0.15, 0.2) is 35.2 Å². The van der Waals surface area contributed by atoms with Crippen LogP contribution < -0.4 is 10.0 Å². The van der Waals surface area contributed by atoms with E-state index in [1.54, 1.807) is 15.9 Å². The molecule has 2 heterocycles. The number of carbonyl (C=O) groups is 1. The van der Waals surface area contributed by atoms with Crippen LogP contribution in [0.3, 0.4) is 0 Å². The Labute approximate surface area is 160 Å². The van der Waals surface area contributed by atoms with Gasteiger partial charge >= 0.3 is 0 Å². The van der Waals surface area contributed by atoms with Crippen molar-refractivity contribution in [1.82, 2.24) is 4.90 Å². The lowest BCUT2D eigenvalue weighted by Gasteiger charge is -2.35. The minimum absolute atomic E-state index is 0.0492. The van der Waals surface area contributed by atoms with Crippen LogP contribution in [0.4, 0.5) is 11.4 Å². The van der Waals surface area contributed by atoms with Crippen molar-refractivity contribution >= 4 is 38.6 Å². The maximum absolute atomic E-state index is 12.5. The minimum atomic E-state index is -4.03. The molecule has 9 nitrogen and oxygen atoms in total. The number of amides is 1. The first-order valence-electron chi connectivity index (χ1n) is 8.09. The number of carbonyl (C=O) groups excluding carboxylic acids is 1. The molecule has 1 fully saturated rings. The number of nitro benzene ring substituents is 1. The summed E-state index contributed by atoms with van der Waals surface area (Å²) in [6.45, 7) is 3.59. The van der Waals surface area contributed by atoms with Gasteiger partial charge in [0.2, 0.25) is 10.0 Å². The Morgan fingerprint density at radius 3 is 2.37 bits per heavy atom. The van der Waals surface area contributed by atoms with Gasteiger partial charge in [0.05, 0.1) is 14.7 Å². The lowest BCUT2D eigenvalue weighted by molar-refractivity contribution is -0.384. The number of benzene rings is 1. The Morgan fingerprint density at radius 1 is 1.19 bits per heavy atom. The van der Waals surface area contributed by atoms with Crippen molar-refractivity contribution < 1.29 is 18.1 Å². The maximum atomic E-state index is 12.5. The van der Waals surface area contributed by atoms with Crippen LogP contribution in [0.2, 0.25) is 0 Å². The van der Waals surface area contributed by atoms with E-state index in [1.807, 2.05) is 13.0 Å². The number of primary sulfonamides is 1. The highest BCUT2D eigenvalue weighted by Gasteiger charge is 2.28. The number of nitro groups is 1. The van der Waals surface area contributed by atoms with E-state index in [9.17, 15) is 23.3 Å². The van der Waals surface area contributed by atoms with Crippen LogP contribution in [0.5, 0.6) is 0 Å². The second-order valence-corrected chi connectivity index (χ2v) is 8.99. The third-order valence-corrected chi connectivity index (χ3v) is 6.23. The highest BCUT2D eigenvalue weighted by atomic mass is 32.2. The molecular formula is C16H18N4O5S2. The Hall–Kier alpha value is -2.50. The molecule has 0 saturated carbocycles. The third-order valence-electron chi connectivity index (χ3n) is 4.33. The van der Waals surface area contributed by atoms with Crippen LogP contribution >= 0.6 is 11.3 Å². The molecule has 1 aliphatic heterocycles. The van der Waals surface area contributed by atoms with Gasteiger partial charge in [0.25, 0.3) is 11.6 Å². The van der Waals surface area contributed by atoms with Gasteiger partial charge in [-0.2, -0.15) is 0 Å². The normalized spacial score (nSPS) is 15.0. The molecule has 2 N–H and O–H groups in total. The van der Waals surface area contributed by atoms with Gasteiger partial charge in [-0.3, -0.25) is 14.9 Å². The molecule has 0 atom stereocenters. The molecule has 1 aromatic heterocycles. The second kappa shape index (κ2) is 7.25. The Balaban J connectivity index is 1.78. The molecule has 2 aromatic rings. The molecule has 144 valence electrons. The number of nitrogens with zero attached hydrogens (tertiary/aromatic N) is 3. The Kier molecular flexibility index (Phi) is 5.18. The van der Waals surface area contributed by atoms with E-state index >= 15 is 0 Å². The van der Waals surface area contributed by atoms with Gasteiger partial charge < -0.3 is 9.80 Å². The summed E-state index contributed by atoms with van der Waals surface area (Å²) in [5, 5.41) is 16.4. The lowest BCUT2D eigenvalue weighted by Crippen LogP contribution is -2.48. The van der Waals surface area contributed by atoms with Crippen molar-refractivity contribution in [2.75, 3.05) is 31.1 Å². The number of hydrogen-bond acceptors (Lipinski definition) is 7.